The highest BCUT2D eigenvalue weighted by molar-refractivity contribution is 8.04. The van der Waals surface area contributed by atoms with Gasteiger partial charge in [0.15, 0.2) is 28.4 Å². The third-order valence-corrected chi connectivity index (χ3v) is 5.54. The molecule has 1 N–H and O–H groups in total. The van der Waals surface area contributed by atoms with Crippen molar-refractivity contribution in [3.8, 4) is 39.9 Å². The zero-order valence-electron chi connectivity index (χ0n) is 17.8. The molecule has 0 aromatic heterocycles. The molecule has 3 rings (SSSR count). The van der Waals surface area contributed by atoms with Gasteiger partial charge in [0.1, 0.15) is 11.5 Å². The second-order valence-corrected chi connectivity index (χ2v) is 7.27. The minimum Gasteiger partial charge on any atom is -0.504 e. The van der Waals surface area contributed by atoms with Crippen molar-refractivity contribution >= 4 is 17.3 Å². The molecule has 1 aliphatic heterocycles. The van der Waals surface area contributed by atoms with Gasteiger partial charge in [0.25, 0.3) is 0 Å². The predicted molar refractivity (Wildman–Crippen MR) is 116 cm³/mol. The Morgan fingerprint density at radius 1 is 0.968 bits per heavy atom. The van der Waals surface area contributed by atoms with Gasteiger partial charge in [0.2, 0.25) is 11.5 Å². The van der Waals surface area contributed by atoms with Crippen LogP contribution >= 0.6 is 11.8 Å². The standard InChI is InChI=1S/C22H23NO7S/c1-25-16-7-6-12(8-15(16)24)13-9-18(27-3)22(31-11-23)30-19-14(13)10-17(26-2)20(28-4)21(19)29-5/h6-10,18,22,24H,1-5H3. The van der Waals surface area contributed by atoms with E-state index >= 15 is 0 Å². The molecule has 1 heterocycles. The number of thiocyanates is 1. The molecule has 0 saturated carbocycles. The van der Waals surface area contributed by atoms with Crippen LogP contribution in [0.25, 0.3) is 5.57 Å². The van der Waals surface area contributed by atoms with Gasteiger partial charge in [0, 0.05) is 24.4 Å². The molecule has 0 aliphatic carbocycles. The highest BCUT2D eigenvalue weighted by atomic mass is 32.2. The van der Waals surface area contributed by atoms with Crippen molar-refractivity contribution in [2.75, 3.05) is 35.5 Å². The Hall–Kier alpha value is -3.22. The highest BCUT2D eigenvalue weighted by Gasteiger charge is 2.34. The molecule has 0 amide bonds. The summed E-state index contributed by atoms with van der Waals surface area (Å²) in [4.78, 5) is 0. The van der Waals surface area contributed by atoms with E-state index in [1.54, 1.807) is 18.2 Å². The number of ether oxygens (including phenoxy) is 6. The van der Waals surface area contributed by atoms with E-state index in [1.165, 1.54) is 35.5 Å². The van der Waals surface area contributed by atoms with Gasteiger partial charge in [-0.15, -0.1) is 0 Å². The lowest BCUT2D eigenvalue weighted by Gasteiger charge is -2.23. The molecule has 8 nitrogen and oxygen atoms in total. The Morgan fingerprint density at radius 2 is 1.68 bits per heavy atom. The van der Waals surface area contributed by atoms with Crippen molar-refractivity contribution < 1.29 is 33.5 Å². The molecular formula is C22H23NO7S. The van der Waals surface area contributed by atoms with Crippen LogP contribution in [0.3, 0.4) is 0 Å². The van der Waals surface area contributed by atoms with Crippen LogP contribution in [-0.2, 0) is 4.74 Å². The molecule has 0 spiro atoms. The van der Waals surface area contributed by atoms with E-state index in [1.807, 2.05) is 12.1 Å². The molecule has 0 radical (unpaired) electrons. The van der Waals surface area contributed by atoms with Crippen molar-refractivity contribution in [3.05, 3.63) is 41.5 Å². The first kappa shape index (κ1) is 22.5. The van der Waals surface area contributed by atoms with E-state index in [0.717, 1.165) is 11.8 Å². The lowest BCUT2D eigenvalue weighted by atomic mass is 9.95. The quantitative estimate of drug-likeness (QED) is 0.638. The fourth-order valence-corrected chi connectivity index (χ4v) is 3.97. The minimum absolute atomic E-state index is 0.0167. The zero-order valence-corrected chi connectivity index (χ0v) is 18.6. The summed E-state index contributed by atoms with van der Waals surface area (Å²) in [5, 5.41) is 21.7. The third-order valence-electron chi connectivity index (χ3n) is 4.84. The number of aromatic hydroxyl groups is 1. The largest absolute Gasteiger partial charge is 0.504 e. The van der Waals surface area contributed by atoms with Gasteiger partial charge in [-0.1, -0.05) is 6.07 Å². The third kappa shape index (κ3) is 4.17. The number of nitriles is 1. The summed E-state index contributed by atoms with van der Waals surface area (Å²) < 4.78 is 33.6. The molecule has 0 saturated heterocycles. The first-order valence-corrected chi connectivity index (χ1v) is 10.1. The van der Waals surface area contributed by atoms with Gasteiger partial charge < -0.3 is 33.5 Å². The SMILES string of the molecule is COc1ccc(C2=CC(OC)C(SC#N)Oc3c2cc(OC)c(OC)c3OC)cc1O. The van der Waals surface area contributed by atoms with Crippen molar-refractivity contribution in [1.29, 1.82) is 5.26 Å². The second-order valence-electron chi connectivity index (χ2n) is 6.38. The lowest BCUT2D eigenvalue weighted by Crippen LogP contribution is -2.28. The average Bonchev–Trinajstić information content (AvgIpc) is 2.94. The Bertz CT molecular complexity index is 1030. The van der Waals surface area contributed by atoms with E-state index in [0.29, 0.717) is 45.4 Å². The maximum Gasteiger partial charge on any atom is 0.207 e. The maximum absolute atomic E-state index is 10.4. The maximum atomic E-state index is 10.4. The Balaban J connectivity index is 2.33. The number of phenols is 1. The molecule has 2 aromatic rings. The molecule has 0 bridgehead atoms. The van der Waals surface area contributed by atoms with Crippen LogP contribution < -0.4 is 23.7 Å². The summed E-state index contributed by atoms with van der Waals surface area (Å²) in [6.07, 6.45) is 1.27. The number of phenolic OH excluding ortho intramolecular Hbond substituents is 1. The topological polar surface area (TPSA) is 99.4 Å². The van der Waals surface area contributed by atoms with Crippen molar-refractivity contribution in [1.82, 2.24) is 0 Å². The summed E-state index contributed by atoms with van der Waals surface area (Å²) in [5.74, 6) is 1.82. The van der Waals surface area contributed by atoms with Crippen molar-refractivity contribution in [2.24, 2.45) is 0 Å². The second kappa shape index (κ2) is 9.73. The Kier molecular flexibility index (Phi) is 7.05. The summed E-state index contributed by atoms with van der Waals surface area (Å²) in [5.41, 5.74) is 1.33. The number of benzene rings is 2. The monoisotopic (exact) mass is 445 g/mol. The summed E-state index contributed by atoms with van der Waals surface area (Å²) in [6, 6.07) is 6.82. The molecule has 2 unspecified atom stereocenters. The van der Waals surface area contributed by atoms with Gasteiger partial charge in [-0.3, -0.25) is 0 Å². The number of methoxy groups -OCH3 is 5. The normalized spacial score (nSPS) is 17.4. The number of fused-ring (bicyclic) bond motifs is 1. The van der Waals surface area contributed by atoms with Crippen LogP contribution in [0.15, 0.2) is 30.3 Å². The molecule has 9 heteroatoms. The van der Waals surface area contributed by atoms with Gasteiger partial charge >= 0.3 is 0 Å². The van der Waals surface area contributed by atoms with Gasteiger partial charge in [0.05, 0.1) is 28.4 Å². The van der Waals surface area contributed by atoms with Gasteiger partial charge in [-0.2, -0.15) is 5.26 Å². The van der Waals surface area contributed by atoms with Crippen LogP contribution in [0.1, 0.15) is 11.1 Å². The highest BCUT2D eigenvalue weighted by Crippen LogP contribution is 2.52. The number of hydrogen-bond donors (Lipinski definition) is 1. The number of nitrogens with zero attached hydrogens (tertiary/aromatic N) is 1. The first-order valence-electron chi connectivity index (χ1n) is 9.19. The smallest absolute Gasteiger partial charge is 0.207 e. The van der Waals surface area contributed by atoms with E-state index in [-0.39, 0.29) is 5.75 Å². The molecule has 164 valence electrons. The Labute approximate surface area is 184 Å². The minimum atomic E-state index is -0.676. The van der Waals surface area contributed by atoms with Gasteiger partial charge in [-0.25, -0.2) is 0 Å². The van der Waals surface area contributed by atoms with E-state index in [2.05, 4.69) is 5.40 Å². The molecule has 31 heavy (non-hydrogen) atoms. The lowest BCUT2D eigenvalue weighted by molar-refractivity contribution is 0.0757. The fourth-order valence-electron chi connectivity index (χ4n) is 3.39. The molecule has 2 atom stereocenters. The van der Waals surface area contributed by atoms with Gasteiger partial charge in [-0.05, 0) is 35.4 Å². The van der Waals surface area contributed by atoms with Crippen molar-refractivity contribution in [3.63, 3.8) is 0 Å². The van der Waals surface area contributed by atoms with E-state index in [9.17, 15) is 10.4 Å². The molecule has 0 fully saturated rings. The zero-order chi connectivity index (χ0) is 22.5. The summed E-state index contributed by atoms with van der Waals surface area (Å²) >= 11 is 0.928. The van der Waals surface area contributed by atoms with Crippen LogP contribution in [0.2, 0.25) is 0 Å². The van der Waals surface area contributed by atoms with Crippen LogP contribution in [0.4, 0.5) is 0 Å². The van der Waals surface area contributed by atoms with Crippen LogP contribution in [-0.4, -0.2) is 52.2 Å². The van der Waals surface area contributed by atoms with E-state index < -0.39 is 11.5 Å². The first-order chi connectivity index (χ1) is 15.0. The fraction of sp³-hybridized carbons (Fsp3) is 0.318. The molecule has 2 aromatic carbocycles. The van der Waals surface area contributed by atoms with Crippen molar-refractivity contribution in [2.45, 2.75) is 11.5 Å². The number of rotatable bonds is 7. The Morgan fingerprint density at radius 3 is 2.23 bits per heavy atom. The predicted octanol–water partition coefficient (Wildman–Crippen LogP) is 3.81. The number of thioether (sulfide) groups is 1. The molecule has 1 aliphatic rings. The summed E-state index contributed by atoms with van der Waals surface area (Å²) in [7, 11) is 7.54. The molecular weight excluding hydrogens is 422 g/mol. The van der Waals surface area contributed by atoms with Crippen LogP contribution in [0.5, 0.6) is 34.5 Å². The number of hydrogen-bond acceptors (Lipinski definition) is 9. The summed E-state index contributed by atoms with van der Waals surface area (Å²) in [6.45, 7) is 0. The van der Waals surface area contributed by atoms with Crippen LogP contribution in [0, 0.1) is 10.7 Å². The average molecular weight is 445 g/mol. The van der Waals surface area contributed by atoms with E-state index in [4.69, 9.17) is 28.4 Å².